The van der Waals surface area contributed by atoms with Gasteiger partial charge in [0.25, 0.3) is 5.91 Å². The van der Waals surface area contributed by atoms with Gasteiger partial charge < -0.3 is 10.1 Å². The highest BCUT2D eigenvalue weighted by atomic mass is 16.5. The van der Waals surface area contributed by atoms with E-state index in [9.17, 15) is 4.79 Å². The van der Waals surface area contributed by atoms with Gasteiger partial charge >= 0.3 is 0 Å². The Labute approximate surface area is 171 Å². The number of ether oxygens (including phenoxy) is 1. The van der Waals surface area contributed by atoms with E-state index in [0.29, 0.717) is 31.4 Å². The number of pyridine rings is 1. The summed E-state index contributed by atoms with van der Waals surface area (Å²) in [6.45, 7) is 4.39. The third-order valence-corrected chi connectivity index (χ3v) is 5.91. The first kappa shape index (κ1) is 20.0. The standard InChI is InChI=1S/C21H30N6O2/c28-21(19-16-27(25-24-19)15-17-6-2-1-3-7-17)23-14-20(18-8-4-5-9-22-18)26-10-12-29-13-11-26/h4-5,8-9,16-17,20H,1-3,6-7,10-15H2,(H,23,28)/t20-/m1/s1. The quantitative estimate of drug-likeness (QED) is 0.768. The fourth-order valence-corrected chi connectivity index (χ4v) is 4.29. The van der Waals surface area contributed by atoms with Crippen LogP contribution >= 0.6 is 0 Å². The molecule has 2 aromatic rings. The molecule has 2 aromatic heterocycles. The molecular weight excluding hydrogens is 368 g/mol. The van der Waals surface area contributed by atoms with Crippen molar-refractivity contribution in [2.24, 2.45) is 5.92 Å². The number of carbonyl (C=O) groups excluding carboxylic acids is 1. The van der Waals surface area contributed by atoms with Gasteiger partial charge in [-0.3, -0.25) is 19.4 Å². The summed E-state index contributed by atoms with van der Waals surface area (Å²) in [6.07, 6.45) is 9.98. The number of aromatic nitrogens is 4. The molecule has 2 aliphatic rings. The Hall–Kier alpha value is -2.32. The lowest BCUT2D eigenvalue weighted by Crippen LogP contribution is -2.44. The van der Waals surface area contributed by atoms with Gasteiger partial charge in [-0.05, 0) is 30.9 Å². The number of amides is 1. The second-order valence-electron chi connectivity index (χ2n) is 7.96. The Morgan fingerprint density at radius 3 is 2.79 bits per heavy atom. The molecule has 2 fully saturated rings. The van der Waals surface area contributed by atoms with Gasteiger partial charge in [-0.15, -0.1) is 5.10 Å². The molecule has 0 bridgehead atoms. The van der Waals surface area contributed by atoms with Gasteiger partial charge in [-0.1, -0.05) is 30.5 Å². The largest absolute Gasteiger partial charge is 0.379 e. The lowest BCUT2D eigenvalue weighted by atomic mass is 9.89. The molecule has 1 amide bonds. The zero-order valence-corrected chi connectivity index (χ0v) is 16.9. The smallest absolute Gasteiger partial charge is 0.273 e. The summed E-state index contributed by atoms with van der Waals surface area (Å²) in [4.78, 5) is 19.5. The minimum atomic E-state index is -0.186. The molecule has 156 valence electrons. The van der Waals surface area contributed by atoms with E-state index in [1.54, 1.807) is 12.4 Å². The number of nitrogens with zero attached hydrogens (tertiary/aromatic N) is 5. The molecule has 8 heteroatoms. The normalized spacial score (nSPS) is 19.7. The molecule has 8 nitrogen and oxygen atoms in total. The zero-order chi connectivity index (χ0) is 19.9. The van der Waals surface area contributed by atoms with Gasteiger partial charge in [0.2, 0.25) is 0 Å². The summed E-state index contributed by atoms with van der Waals surface area (Å²) in [7, 11) is 0. The molecule has 0 unspecified atom stereocenters. The van der Waals surface area contributed by atoms with Crippen LogP contribution in [0.2, 0.25) is 0 Å². The molecule has 29 heavy (non-hydrogen) atoms. The van der Waals surface area contributed by atoms with Crippen molar-refractivity contribution in [2.45, 2.75) is 44.7 Å². The second-order valence-corrected chi connectivity index (χ2v) is 7.96. The van der Waals surface area contributed by atoms with Crippen molar-refractivity contribution in [3.05, 3.63) is 42.0 Å². The highest BCUT2D eigenvalue weighted by molar-refractivity contribution is 5.91. The van der Waals surface area contributed by atoms with E-state index in [0.717, 1.165) is 25.3 Å². The maximum atomic E-state index is 12.7. The predicted molar refractivity (Wildman–Crippen MR) is 108 cm³/mol. The van der Waals surface area contributed by atoms with Crippen molar-refractivity contribution >= 4 is 5.91 Å². The number of morpholine rings is 1. The highest BCUT2D eigenvalue weighted by Gasteiger charge is 2.25. The molecule has 1 aliphatic carbocycles. The molecule has 0 spiro atoms. The third-order valence-electron chi connectivity index (χ3n) is 5.91. The molecule has 4 rings (SSSR count). The summed E-state index contributed by atoms with van der Waals surface area (Å²) < 4.78 is 7.30. The van der Waals surface area contributed by atoms with Crippen LogP contribution in [0.15, 0.2) is 30.6 Å². The third kappa shape index (κ3) is 5.39. The lowest BCUT2D eigenvalue weighted by Gasteiger charge is -2.34. The molecule has 1 atom stereocenters. The minimum absolute atomic E-state index is 0.0151. The van der Waals surface area contributed by atoms with E-state index in [1.165, 1.54) is 32.1 Å². The van der Waals surface area contributed by atoms with Crippen LogP contribution in [0, 0.1) is 5.92 Å². The number of hydrogen-bond acceptors (Lipinski definition) is 6. The van der Waals surface area contributed by atoms with Gasteiger partial charge in [-0.25, -0.2) is 0 Å². The summed E-state index contributed by atoms with van der Waals surface area (Å²) in [5.41, 5.74) is 1.33. The molecule has 1 aliphatic heterocycles. The Balaban J connectivity index is 1.36. The van der Waals surface area contributed by atoms with Crippen molar-refractivity contribution in [2.75, 3.05) is 32.8 Å². The van der Waals surface area contributed by atoms with E-state index in [2.05, 4.69) is 25.5 Å². The van der Waals surface area contributed by atoms with Crippen molar-refractivity contribution in [1.29, 1.82) is 0 Å². The molecular formula is C21H30N6O2. The highest BCUT2D eigenvalue weighted by Crippen LogP contribution is 2.24. The monoisotopic (exact) mass is 398 g/mol. The van der Waals surface area contributed by atoms with Crippen molar-refractivity contribution < 1.29 is 9.53 Å². The zero-order valence-electron chi connectivity index (χ0n) is 16.9. The van der Waals surface area contributed by atoms with Crippen LogP contribution < -0.4 is 5.32 Å². The van der Waals surface area contributed by atoms with Crippen molar-refractivity contribution in [1.82, 2.24) is 30.2 Å². The summed E-state index contributed by atoms with van der Waals surface area (Å²) in [6, 6.07) is 5.91. The van der Waals surface area contributed by atoms with Crippen LogP contribution in [0.5, 0.6) is 0 Å². The van der Waals surface area contributed by atoms with Crippen LogP contribution in [-0.4, -0.2) is 63.6 Å². The molecule has 1 saturated heterocycles. The topological polar surface area (TPSA) is 85.2 Å². The first-order chi connectivity index (χ1) is 14.3. The summed E-state index contributed by atoms with van der Waals surface area (Å²) in [5.74, 6) is 0.463. The van der Waals surface area contributed by atoms with E-state index < -0.39 is 0 Å². The van der Waals surface area contributed by atoms with Gasteiger partial charge in [-0.2, -0.15) is 0 Å². The fourth-order valence-electron chi connectivity index (χ4n) is 4.29. The molecule has 1 saturated carbocycles. The molecule has 3 heterocycles. The first-order valence-electron chi connectivity index (χ1n) is 10.7. The van der Waals surface area contributed by atoms with Gasteiger partial charge in [0.05, 0.1) is 31.1 Å². The predicted octanol–water partition coefficient (Wildman–Crippen LogP) is 2.06. The van der Waals surface area contributed by atoms with Crippen LogP contribution in [0.4, 0.5) is 0 Å². The van der Waals surface area contributed by atoms with E-state index >= 15 is 0 Å². The maximum absolute atomic E-state index is 12.7. The van der Waals surface area contributed by atoms with Crippen LogP contribution in [0.3, 0.4) is 0 Å². The van der Waals surface area contributed by atoms with Gasteiger partial charge in [0, 0.05) is 32.4 Å². The lowest BCUT2D eigenvalue weighted by molar-refractivity contribution is 0.0153. The number of carbonyl (C=O) groups is 1. The van der Waals surface area contributed by atoms with Crippen molar-refractivity contribution in [3.8, 4) is 0 Å². The van der Waals surface area contributed by atoms with Gasteiger partial charge in [0.1, 0.15) is 0 Å². The number of rotatable bonds is 7. The Morgan fingerprint density at radius 2 is 2.03 bits per heavy atom. The minimum Gasteiger partial charge on any atom is -0.379 e. The van der Waals surface area contributed by atoms with E-state index in [1.807, 2.05) is 22.9 Å². The molecule has 0 radical (unpaired) electrons. The Kier molecular flexibility index (Phi) is 6.84. The van der Waals surface area contributed by atoms with Crippen LogP contribution in [0.1, 0.15) is 54.3 Å². The van der Waals surface area contributed by atoms with E-state index in [4.69, 9.17) is 4.74 Å². The fraction of sp³-hybridized carbons (Fsp3) is 0.619. The average Bonchev–Trinajstić information content (AvgIpc) is 3.25. The number of nitrogens with one attached hydrogen (secondary N) is 1. The SMILES string of the molecule is O=C(NC[C@H](c1ccccn1)N1CCOCC1)c1cn(CC2CCCCC2)nn1. The number of hydrogen-bond donors (Lipinski definition) is 1. The van der Waals surface area contributed by atoms with Crippen LogP contribution in [-0.2, 0) is 11.3 Å². The molecule has 0 aromatic carbocycles. The maximum Gasteiger partial charge on any atom is 0.273 e. The van der Waals surface area contributed by atoms with Crippen LogP contribution in [0.25, 0.3) is 0 Å². The van der Waals surface area contributed by atoms with Crippen molar-refractivity contribution in [3.63, 3.8) is 0 Å². The Bertz CT molecular complexity index is 768. The first-order valence-corrected chi connectivity index (χ1v) is 10.7. The average molecular weight is 399 g/mol. The van der Waals surface area contributed by atoms with Gasteiger partial charge in [0.15, 0.2) is 5.69 Å². The second kappa shape index (κ2) is 9.93. The molecule has 1 N–H and O–H groups in total. The summed E-state index contributed by atoms with van der Waals surface area (Å²) >= 11 is 0. The Morgan fingerprint density at radius 1 is 1.21 bits per heavy atom. The summed E-state index contributed by atoms with van der Waals surface area (Å²) in [5, 5.41) is 11.3. The van der Waals surface area contributed by atoms with E-state index in [-0.39, 0.29) is 11.9 Å².